The number of carbonyl (C=O) groups excluding carboxylic acids is 1. The number of fused-ring (bicyclic) bond motifs is 2. The first kappa shape index (κ1) is 23.4. The Kier molecular flexibility index (Phi) is 7.01. The smallest absolute Gasteiger partial charge is 0.319 e. The lowest BCUT2D eigenvalue weighted by atomic mass is 10.1. The summed E-state index contributed by atoms with van der Waals surface area (Å²) in [5.74, 6) is 1.75. The van der Waals surface area contributed by atoms with Crippen LogP contribution in [-0.4, -0.2) is 60.4 Å². The molecule has 4 N–H and O–H groups in total. The van der Waals surface area contributed by atoms with E-state index >= 15 is 0 Å². The van der Waals surface area contributed by atoms with Crippen LogP contribution in [0.4, 0.5) is 16.3 Å². The number of anilines is 2. The number of amides is 2. The van der Waals surface area contributed by atoms with Crippen LogP contribution in [0.5, 0.6) is 5.75 Å². The van der Waals surface area contributed by atoms with Gasteiger partial charge in [-0.15, -0.1) is 0 Å². The van der Waals surface area contributed by atoms with Gasteiger partial charge in [-0.05, 0) is 67.6 Å². The highest BCUT2D eigenvalue weighted by Crippen LogP contribution is 2.39. The molecular weight excluding hydrogens is 442 g/mol. The van der Waals surface area contributed by atoms with Gasteiger partial charge in [0.15, 0.2) is 0 Å². The van der Waals surface area contributed by atoms with Gasteiger partial charge in [0, 0.05) is 42.3 Å². The van der Waals surface area contributed by atoms with Gasteiger partial charge in [-0.25, -0.2) is 9.78 Å². The van der Waals surface area contributed by atoms with Crippen molar-refractivity contribution in [2.24, 2.45) is 0 Å². The quantitative estimate of drug-likeness (QED) is 0.414. The summed E-state index contributed by atoms with van der Waals surface area (Å²) in [6.45, 7) is 2.66. The van der Waals surface area contributed by atoms with E-state index in [0.717, 1.165) is 66.9 Å². The van der Waals surface area contributed by atoms with Gasteiger partial charge in [-0.1, -0.05) is 12.1 Å². The van der Waals surface area contributed by atoms with Crippen molar-refractivity contribution in [2.75, 3.05) is 44.0 Å². The van der Waals surface area contributed by atoms with Crippen molar-refractivity contribution in [1.82, 2.24) is 15.2 Å². The molecule has 1 atom stereocenters. The third kappa shape index (κ3) is 5.33. The van der Waals surface area contributed by atoms with Gasteiger partial charge < -0.3 is 30.7 Å². The average Bonchev–Trinajstić information content (AvgIpc) is 3.28. The number of ether oxygens (including phenoxy) is 1. The number of methoxy groups -OCH3 is 1. The second kappa shape index (κ2) is 10.5. The maximum Gasteiger partial charge on any atom is 0.319 e. The SMILES string of the molecule is COc1cccc2c1C(Nc1ccc3cc(NC(=O)NC4CCN(CCO)CC4)ccc3n1)CC2. The van der Waals surface area contributed by atoms with Gasteiger partial charge in [0.25, 0.3) is 0 Å². The minimum Gasteiger partial charge on any atom is -0.496 e. The number of likely N-dealkylation sites (tertiary alicyclic amines) is 1. The number of hydrogen-bond donors (Lipinski definition) is 4. The van der Waals surface area contributed by atoms with Gasteiger partial charge in [-0.3, -0.25) is 0 Å². The number of piperidine rings is 1. The van der Waals surface area contributed by atoms with Crippen LogP contribution in [-0.2, 0) is 6.42 Å². The van der Waals surface area contributed by atoms with Gasteiger partial charge >= 0.3 is 6.03 Å². The van der Waals surface area contributed by atoms with E-state index in [1.807, 2.05) is 42.5 Å². The summed E-state index contributed by atoms with van der Waals surface area (Å²) in [6.07, 6.45) is 3.81. The van der Waals surface area contributed by atoms with E-state index in [0.29, 0.717) is 6.54 Å². The molecule has 1 aromatic heterocycles. The van der Waals surface area contributed by atoms with Crippen molar-refractivity contribution in [3.05, 3.63) is 59.7 Å². The van der Waals surface area contributed by atoms with E-state index in [2.05, 4.69) is 26.9 Å². The number of benzene rings is 2. The molecular formula is C27H33N5O3. The summed E-state index contributed by atoms with van der Waals surface area (Å²) in [7, 11) is 1.72. The van der Waals surface area contributed by atoms with Crippen LogP contribution in [0.3, 0.4) is 0 Å². The topological polar surface area (TPSA) is 98.8 Å². The maximum atomic E-state index is 12.5. The Bertz CT molecular complexity index is 1190. The second-order valence-electron chi connectivity index (χ2n) is 9.31. The van der Waals surface area contributed by atoms with E-state index in [9.17, 15) is 4.79 Å². The van der Waals surface area contributed by atoms with Crippen LogP contribution in [0.2, 0.25) is 0 Å². The number of urea groups is 1. The molecule has 0 radical (unpaired) electrons. The predicted octanol–water partition coefficient (Wildman–Crippen LogP) is 3.92. The Balaban J connectivity index is 1.20. The first-order valence-corrected chi connectivity index (χ1v) is 12.4. The Hall–Kier alpha value is -3.36. The third-order valence-electron chi connectivity index (χ3n) is 7.04. The molecule has 35 heavy (non-hydrogen) atoms. The lowest BCUT2D eigenvalue weighted by Gasteiger charge is -2.31. The minimum atomic E-state index is -0.190. The zero-order chi connectivity index (χ0) is 24.2. The number of rotatable bonds is 7. The van der Waals surface area contributed by atoms with Crippen molar-refractivity contribution in [3.63, 3.8) is 0 Å². The lowest BCUT2D eigenvalue weighted by molar-refractivity contribution is 0.158. The summed E-state index contributed by atoms with van der Waals surface area (Å²) in [5, 5.41) is 19.6. The summed E-state index contributed by atoms with van der Waals surface area (Å²) < 4.78 is 5.59. The molecule has 2 aliphatic rings. The van der Waals surface area contributed by atoms with Crippen molar-refractivity contribution in [1.29, 1.82) is 0 Å². The number of nitrogens with one attached hydrogen (secondary N) is 3. The van der Waals surface area contributed by atoms with Crippen LogP contribution >= 0.6 is 0 Å². The van der Waals surface area contributed by atoms with E-state index in [-0.39, 0.29) is 24.7 Å². The number of aromatic nitrogens is 1. The number of aliphatic hydroxyl groups excluding tert-OH is 1. The molecule has 8 nitrogen and oxygen atoms in total. The monoisotopic (exact) mass is 475 g/mol. The van der Waals surface area contributed by atoms with Crippen molar-refractivity contribution < 1.29 is 14.6 Å². The van der Waals surface area contributed by atoms with Gasteiger partial charge in [-0.2, -0.15) is 0 Å². The Morgan fingerprint density at radius 3 is 2.80 bits per heavy atom. The van der Waals surface area contributed by atoms with Crippen LogP contribution < -0.4 is 20.7 Å². The number of carbonyl (C=O) groups is 1. The number of β-amino-alcohol motifs (C(OH)–C–C–N with tert-alkyl or cyclic N) is 1. The Morgan fingerprint density at radius 2 is 2.00 bits per heavy atom. The van der Waals surface area contributed by atoms with E-state index < -0.39 is 0 Å². The third-order valence-corrected chi connectivity index (χ3v) is 7.04. The zero-order valence-electron chi connectivity index (χ0n) is 20.1. The fourth-order valence-electron chi connectivity index (χ4n) is 5.23. The molecule has 0 bridgehead atoms. The molecule has 1 unspecified atom stereocenters. The fourth-order valence-corrected chi connectivity index (χ4v) is 5.23. The van der Waals surface area contributed by atoms with Crippen LogP contribution in [0, 0.1) is 0 Å². The Labute approximate surface area is 205 Å². The number of aryl methyl sites for hydroxylation is 1. The standard InChI is InChI=1S/C27H33N5O3/c1-35-24-4-2-3-18-5-8-23(26(18)24)31-25-10-6-19-17-21(7-9-22(19)30-25)29-27(34)28-20-11-13-32(14-12-20)15-16-33/h2-4,6-7,9-10,17,20,23,33H,5,8,11-16H2,1H3,(H,30,31)(H2,28,29,34). The molecule has 8 heteroatoms. The molecule has 2 heterocycles. The fraction of sp³-hybridized carbons (Fsp3) is 0.407. The molecule has 2 amide bonds. The number of pyridine rings is 1. The normalized spacial score (nSPS) is 18.3. The number of nitrogens with zero attached hydrogens (tertiary/aromatic N) is 2. The summed E-state index contributed by atoms with van der Waals surface area (Å²) in [6, 6.07) is 16.1. The first-order chi connectivity index (χ1) is 17.1. The average molecular weight is 476 g/mol. The lowest BCUT2D eigenvalue weighted by Crippen LogP contribution is -2.46. The van der Waals surface area contributed by atoms with Gasteiger partial charge in [0.05, 0.1) is 25.3 Å². The molecule has 184 valence electrons. The van der Waals surface area contributed by atoms with Crippen molar-refractivity contribution >= 4 is 28.4 Å². The zero-order valence-corrected chi connectivity index (χ0v) is 20.1. The minimum absolute atomic E-state index is 0.153. The highest BCUT2D eigenvalue weighted by Gasteiger charge is 2.26. The van der Waals surface area contributed by atoms with Crippen LogP contribution in [0.15, 0.2) is 48.5 Å². The summed E-state index contributed by atoms with van der Waals surface area (Å²) >= 11 is 0. The molecule has 1 aliphatic carbocycles. The number of hydrogen-bond acceptors (Lipinski definition) is 6. The molecule has 5 rings (SSSR count). The van der Waals surface area contributed by atoms with Gasteiger partial charge in [0.2, 0.25) is 0 Å². The highest BCUT2D eigenvalue weighted by molar-refractivity contribution is 5.93. The maximum absolute atomic E-state index is 12.5. The van der Waals surface area contributed by atoms with E-state index in [4.69, 9.17) is 14.8 Å². The van der Waals surface area contributed by atoms with Crippen molar-refractivity contribution in [3.8, 4) is 5.75 Å². The first-order valence-electron chi connectivity index (χ1n) is 12.4. The summed E-state index contributed by atoms with van der Waals surface area (Å²) in [5.41, 5.74) is 4.16. The Morgan fingerprint density at radius 1 is 1.14 bits per heavy atom. The molecule has 1 aliphatic heterocycles. The van der Waals surface area contributed by atoms with Crippen molar-refractivity contribution in [2.45, 2.75) is 37.8 Å². The van der Waals surface area contributed by atoms with Crippen LogP contribution in [0.25, 0.3) is 10.9 Å². The van der Waals surface area contributed by atoms with Crippen LogP contribution in [0.1, 0.15) is 36.4 Å². The molecule has 2 aromatic carbocycles. The second-order valence-corrected chi connectivity index (χ2v) is 9.31. The molecule has 0 saturated carbocycles. The van der Waals surface area contributed by atoms with Gasteiger partial charge in [0.1, 0.15) is 11.6 Å². The molecule has 1 saturated heterocycles. The predicted molar refractivity (Wildman–Crippen MR) is 138 cm³/mol. The molecule has 3 aromatic rings. The molecule has 1 fully saturated rings. The summed E-state index contributed by atoms with van der Waals surface area (Å²) in [4.78, 5) is 19.5. The highest BCUT2D eigenvalue weighted by atomic mass is 16.5. The van der Waals surface area contributed by atoms with E-state index in [1.54, 1.807) is 7.11 Å². The molecule has 0 spiro atoms. The van der Waals surface area contributed by atoms with E-state index in [1.165, 1.54) is 11.1 Å². The number of aliphatic hydroxyl groups is 1. The largest absolute Gasteiger partial charge is 0.496 e.